The van der Waals surface area contributed by atoms with Crippen LogP contribution in [-0.2, 0) is 16.1 Å². The molecule has 0 unspecified atom stereocenters. The van der Waals surface area contributed by atoms with Crippen molar-refractivity contribution >= 4 is 5.97 Å². The summed E-state index contributed by atoms with van der Waals surface area (Å²) in [6.45, 7) is 3.93. The van der Waals surface area contributed by atoms with E-state index in [1.807, 2.05) is 18.2 Å². The Hall–Kier alpha value is -1.79. The van der Waals surface area contributed by atoms with Gasteiger partial charge in [0.25, 0.3) is 0 Å². The van der Waals surface area contributed by atoms with Crippen LogP contribution >= 0.6 is 0 Å². The summed E-state index contributed by atoms with van der Waals surface area (Å²) in [5.41, 5.74) is 1.06. The molecule has 1 saturated heterocycles. The van der Waals surface area contributed by atoms with Crippen LogP contribution in [-0.4, -0.2) is 58.4 Å². The Balaban J connectivity index is 2.09. The molecule has 134 valence electrons. The van der Waals surface area contributed by atoms with E-state index < -0.39 is 0 Å². The summed E-state index contributed by atoms with van der Waals surface area (Å²) in [4.78, 5) is 13.9. The molecule has 1 aromatic rings. The van der Waals surface area contributed by atoms with E-state index in [4.69, 9.17) is 14.2 Å². The molecular formula is C18H28N2O4. The summed E-state index contributed by atoms with van der Waals surface area (Å²) in [7, 11) is 4.71. The van der Waals surface area contributed by atoms with Crippen LogP contribution in [0.15, 0.2) is 18.2 Å². The Morgan fingerprint density at radius 2 is 1.75 bits per heavy atom. The SMILES string of the molecule is COC(=O)CN(Cc1cc(OC)cc(OC)c1)CC1CCNCC1. The van der Waals surface area contributed by atoms with Crippen LogP contribution < -0.4 is 14.8 Å². The maximum atomic E-state index is 11.8. The van der Waals surface area contributed by atoms with Crippen LogP contribution in [0.1, 0.15) is 18.4 Å². The van der Waals surface area contributed by atoms with Gasteiger partial charge in [-0.25, -0.2) is 0 Å². The third-order valence-corrected chi connectivity index (χ3v) is 4.37. The molecule has 1 N–H and O–H groups in total. The minimum Gasteiger partial charge on any atom is -0.497 e. The first-order valence-corrected chi connectivity index (χ1v) is 8.36. The number of rotatable bonds is 8. The average molecular weight is 336 g/mol. The molecule has 1 aliphatic rings. The van der Waals surface area contributed by atoms with Gasteiger partial charge in [-0.15, -0.1) is 0 Å². The highest BCUT2D eigenvalue weighted by Crippen LogP contribution is 2.24. The van der Waals surface area contributed by atoms with Crippen LogP contribution in [0.3, 0.4) is 0 Å². The van der Waals surface area contributed by atoms with Crippen molar-refractivity contribution in [3.63, 3.8) is 0 Å². The summed E-state index contributed by atoms with van der Waals surface area (Å²) in [6, 6.07) is 5.81. The van der Waals surface area contributed by atoms with E-state index in [2.05, 4.69) is 10.2 Å². The van der Waals surface area contributed by atoms with E-state index in [0.717, 1.165) is 49.5 Å². The van der Waals surface area contributed by atoms with Crippen molar-refractivity contribution in [2.45, 2.75) is 19.4 Å². The number of methoxy groups -OCH3 is 3. The zero-order chi connectivity index (χ0) is 17.4. The number of carbonyl (C=O) groups excluding carboxylic acids is 1. The summed E-state index contributed by atoms with van der Waals surface area (Å²) >= 11 is 0. The van der Waals surface area contributed by atoms with Gasteiger partial charge < -0.3 is 19.5 Å². The normalized spacial score (nSPS) is 15.3. The fraction of sp³-hybridized carbons (Fsp3) is 0.611. The zero-order valence-electron chi connectivity index (χ0n) is 14.8. The quantitative estimate of drug-likeness (QED) is 0.729. The fourth-order valence-corrected chi connectivity index (χ4v) is 3.08. The minimum absolute atomic E-state index is 0.209. The topological polar surface area (TPSA) is 60.0 Å². The number of nitrogens with one attached hydrogen (secondary N) is 1. The fourth-order valence-electron chi connectivity index (χ4n) is 3.08. The molecule has 1 heterocycles. The van der Waals surface area contributed by atoms with Crippen molar-refractivity contribution in [2.75, 3.05) is 47.5 Å². The van der Waals surface area contributed by atoms with Crippen LogP contribution in [0.25, 0.3) is 0 Å². The zero-order valence-corrected chi connectivity index (χ0v) is 14.8. The number of benzene rings is 1. The van der Waals surface area contributed by atoms with Crippen molar-refractivity contribution in [2.24, 2.45) is 5.92 Å². The molecule has 0 atom stereocenters. The highest BCUT2D eigenvalue weighted by atomic mass is 16.5. The van der Waals surface area contributed by atoms with Crippen molar-refractivity contribution in [3.8, 4) is 11.5 Å². The van der Waals surface area contributed by atoms with Crippen LogP contribution in [0, 0.1) is 5.92 Å². The van der Waals surface area contributed by atoms with E-state index in [0.29, 0.717) is 19.0 Å². The van der Waals surface area contributed by atoms with E-state index in [1.54, 1.807) is 14.2 Å². The number of hydrogen-bond acceptors (Lipinski definition) is 6. The molecule has 0 amide bonds. The van der Waals surface area contributed by atoms with Gasteiger partial charge in [0.2, 0.25) is 0 Å². The van der Waals surface area contributed by atoms with Gasteiger partial charge in [0.15, 0.2) is 0 Å². The second-order valence-corrected chi connectivity index (χ2v) is 6.16. The third kappa shape index (κ3) is 5.69. The van der Waals surface area contributed by atoms with Crippen molar-refractivity contribution in [1.29, 1.82) is 0 Å². The maximum absolute atomic E-state index is 11.8. The monoisotopic (exact) mass is 336 g/mol. The van der Waals surface area contributed by atoms with Gasteiger partial charge in [0.1, 0.15) is 11.5 Å². The van der Waals surface area contributed by atoms with Crippen LogP contribution in [0.5, 0.6) is 11.5 Å². The van der Waals surface area contributed by atoms with E-state index in [9.17, 15) is 4.79 Å². The molecule has 6 nitrogen and oxygen atoms in total. The van der Waals surface area contributed by atoms with Crippen molar-refractivity contribution in [1.82, 2.24) is 10.2 Å². The Kier molecular flexibility index (Phi) is 7.34. The van der Waals surface area contributed by atoms with E-state index in [1.165, 1.54) is 7.11 Å². The number of nitrogens with zero attached hydrogens (tertiary/aromatic N) is 1. The minimum atomic E-state index is -0.209. The van der Waals surface area contributed by atoms with Gasteiger partial charge in [-0.05, 0) is 49.5 Å². The van der Waals surface area contributed by atoms with E-state index in [-0.39, 0.29) is 5.97 Å². The molecule has 0 radical (unpaired) electrons. The molecule has 6 heteroatoms. The smallest absolute Gasteiger partial charge is 0.319 e. The maximum Gasteiger partial charge on any atom is 0.319 e. The molecule has 1 fully saturated rings. The van der Waals surface area contributed by atoms with Gasteiger partial charge in [-0.1, -0.05) is 0 Å². The van der Waals surface area contributed by atoms with Gasteiger partial charge in [0.05, 0.1) is 27.9 Å². The molecule has 1 aromatic carbocycles. The summed E-state index contributed by atoms with van der Waals surface area (Å²) in [6.07, 6.45) is 2.28. The first-order valence-electron chi connectivity index (χ1n) is 8.36. The highest BCUT2D eigenvalue weighted by Gasteiger charge is 2.20. The van der Waals surface area contributed by atoms with Gasteiger partial charge in [-0.3, -0.25) is 9.69 Å². The molecule has 0 bridgehead atoms. The second kappa shape index (κ2) is 9.49. The van der Waals surface area contributed by atoms with Gasteiger partial charge in [0, 0.05) is 19.2 Å². The third-order valence-electron chi connectivity index (χ3n) is 4.37. The summed E-state index contributed by atoms with van der Waals surface area (Å²) in [5.74, 6) is 1.90. The molecule has 1 aliphatic heterocycles. The number of piperidine rings is 1. The predicted molar refractivity (Wildman–Crippen MR) is 92.4 cm³/mol. The molecule has 0 aromatic heterocycles. The number of ether oxygens (including phenoxy) is 3. The first-order chi connectivity index (χ1) is 11.6. The molecule has 0 spiro atoms. The largest absolute Gasteiger partial charge is 0.497 e. The summed E-state index contributed by atoms with van der Waals surface area (Å²) in [5, 5.41) is 3.38. The average Bonchev–Trinajstić information content (AvgIpc) is 2.61. The van der Waals surface area contributed by atoms with Gasteiger partial charge in [-0.2, -0.15) is 0 Å². The lowest BCUT2D eigenvalue weighted by Gasteiger charge is -2.29. The lowest BCUT2D eigenvalue weighted by Crippen LogP contribution is -2.38. The Bertz CT molecular complexity index is 508. The highest BCUT2D eigenvalue weighted by molar-refractivity contribution is 5.71. The van der Waals surface area contributed by atoms with Gasteiger partial charge >= 0.3 is 5.97 Å². The summed E-state index contributed by atoms with van der Waals surface area (Å²) < 4.78 is 15.5. The molecule has 2 rings (SSSR count). The Morgan fingerprint density at radius 3 is 2.29 bits per heavy atom. The van der Waals surface area contributed by atoms with E-state index >= 15 is 0 Å². The predicted octanol–water partition coefficient (Wildman–Crippen LogP) is 1.68. The Labute approximate surface area is 144 Å². The first kappa shape index (κ1) is 18.5. The Morgan fingerprint density at radius 1 is 1.12 bits per heavy atom. The van der Waals surface area contributed by atoms with Crippen LogP contribution in [0.4, 0.5) is 0 Å². The van der Waals surface area contributed by atoms with Crippen molar-refractivity contribution < 1.29 is 19.0 Å². The second-order valence-electron chi connectivity index (χ2n) is 6.16. The molecule has 24 heavy (non-hydrogen) atoms. The lowest BCUT2D eigenvalue weighted by atomic mass is 9.97. The molecule has 0 aliphatic carbocycles. The van der Waals surface area contributed by atoms with Crippen LogP contribution in [0.2, 0.25) is 0 Å². The standard InChI is InChI=1S/C18H28N2O4/c1-22-16-8-15(9-17(10-16)23-2)12-20(13-18(21)24-3)11-14-4-6-19-7-5-14/h8-10,14,19H,4-7,11-13H2,1-3H3. The van der Waals surface area contributed by atoms with Crippen molar-refractivity contribution in [3.05, 3.63) is 23.8 Å². The lowest BCUT2D eigenvalue weighted by molar-refractivity contribution is -0.142. The number of esters is 1. The number of hydrogen-bond donors (Lipinski definition) is 1. The molecular weight excluding hydrogens is 308 g/mol. The number of carbonyl (C=O) groups is 1. The molecule has 0 saturated carbocycles.